The van der Waals surface area contributed by atoms with Crippen LogP contribution in [-0.4, -0.2) is 0 Å². The van der Waals surface area contributed by atoms with Crippen molar-refractivity contribution in [3.05, 3.63) is 215 Å². The lowest BCUT2D eigenvalue weighted by Gasteiger charge is -2.46. The molecule has 2 nitrogen and oxygen atoms in total. The minimum absolute atomic E-state index is 0.280. The molecule has 0 fully saturated rings. The molecule has 236 valence electrons. The van der Waals surface area contributed by atoms with Gasteiger partial charge in [0.1, 0.15) is 0 Å². The summed E-state index contributed by atoms with van der Waals surface area (Å²) in [4.78, 5) is 2.40. The van der Waals surface area contributed by atoms with E-state index in [9.17, 15) is 0 Å². The topological polar surface area (TPSA) is 20.3 Å². The van der Waals surface area contributed by atoms with Crippen LogP contribution in [0.2, 0.25) is 0 Å². The zero-order valence-corrected chi connectivity index (χ0v) is 28.5. The molecule has 49 heavy (non-hydrogen) atoms. The third kappa shape index (κ3) is 4.11. The molecular formula is C46H36NOP. The fourth-order valence-electron chi connectivity index (χ4n) is 8.59. The highest BCUT2D eigenvalue weighted by atomic mass is 31.2. The lowest BCUT2D eigenvalue weighted by atomic mass is 9.63. The number of hydrogen-bond donors (Lipinski definition) is 0. The van der Waals surface area contributed by atoms with Crippen LogP contribution in [0.3, 0.4) is 0 Å². The molecule has 2 aliphatic heterocycles. The summed E-state index contributed by atoms with van der Waals surface area (Å²) < 4.78 is 15.9. The fraction of sp³-hybridized carbons (Fsp3) is 0.0870. The Labute approximate surface area is 288 Å². The first kappa shape index (κ1) is 29.7. The Morgan fingerprint density at radius 3 is 1.57 bits per heavy atom. The molecular weight excluding hydrogens is 613 g/mol. The largest absolute Gasteiger partial charge is 0.310 e. The summed E-state index contributed by atoms with van der Waals surface area (Å²) in [5.41, 5.74) is 9.53. The van der Waals surface area contributed by atoms with Crippen molar-refractivity contribution in [1.29, 1.82) is 0 Å². The van der Waals surface area contributed by atoms with E-state index in [2.05, 4.69) is 158 Å². The molecule has 0 unspecified atom stereocenters. The fourth-order valence-corrected chi connectivity index (χ4v) is 11.8. The Balaban J connectivity index is 1.40. The van der Waals surface area contributed by atoms with Crippen molar-refractivity contribution in [2.45, 2.75) is 24.7 Å². The highest BCUT2D eigenvalue weighted by Gasteiger charge is 2.51. The molecule has 3 heteroatoms. The molecule has 0 saturated heterocycles. The maximum absolute atomic E-state index is 15.9. The molecule has 7 aromatic carbocycles. The van der Waals surface area contributed by atoms with Gasteiger partial charge in [-0.3, -0.25) is 0 Å². The number of anilines is 3. The Morgan fingerprint density at radius 2 is 0.939 bits per heavy atom. The number of benzene rings is 7. The zero-order valence-electron chi connectivity index (χ0n) is 27.6. The minimum Gasteiger partial charge on any atom is -0.310 e. The van der Waals surface area contributed by atoms with Gasteiger partial charge in [-0.25, -0.2) is 0 Å². The van der Waals surface area contributed by atoms with Crippen LogP contribution in [-0.2, 0) is 15.4 Å². The number of nitrogens with zero attached hydrogens (tertiary/aromatic N) is 1. The monoisotopic (exact) mass is 649 g/mol. The van der Waals surface area contributed by atoms with Crippen molar-refractivity contribution in [2.75, 3.05) is 4.90 Å². The van der Waals surface area contributed by atoms with Crippen LogP contribution in [0.5, 0.6) is 0 Å². The van der Waals surface area contributed by atoms with Crippen LogP contribution in [0.4, 0.5) is 17.1 Å². The second kappa shape index (κ2) is 11.1. The SMILES string of the molecule is CC1(C)c2ccccc2N(c2ccccc2)c2ccc(C3(c4ccccc4)c4ccccc4P(=O)(c4ccccc4)c4ccccc43)cc21. The smallest absolute Gasteiger partial charge is 0.171 e. The number of para-hydroxylation sites is 2. The molecule has 0 N–H and O–H groups in total. The molecule has 0 atom stereocenters. The van der Waals surface area contributed by atoms with Crippen molar-refractivity contribution < 1.29 is 4.57 Å². The van der Waals surface area contributed by atoms with Gasteiger partial charge in [0.2, 0.25) is 0 Å². The van der Waals surface area contributed by atoms with Crippen molar-refractivity contribution in [3.63, 3.8) is 0 Å². The van der Waals surface area contributed by atoms with Crippen molar-refractivity contribution in [1.82, 2.24) is 0 Å². The summed E-state index contributed by atoms with van der Waals surface area (Å²) in [6.45, 7) is 4.69. The summed E-state index contributed by atoms with van der Waals surface area (Å²) in [5.74, 6) is 0. The van der Waals surface area contributed by atoms with Crippen LogP contribution in [0.25, 0.3) is 0 Å². The van der Waals surface area contributed by atoms with Gasteiger partial charge in [-0.05, 0) is 57.6 Å². The number of hydrogen-bond acceptors (Lipinski definition) is 2. The van der Waals surface area contributed by atoms with Gasteiger partial charge in [-0.1, -0.05) is 172 Å². The predicted octanol–water partition coefficient (Wildman–Crippen LogP) is 10.1. The normalized spacial score (nSPS) is 20.0. The molecule has 0 spiro atoms. The van der Waals surface area contributed by atoms with E-state index in [4.69, 9.17) is 0 Å². The minimum atomic E-state index is -3.22. The third-order valence-corrected chi connectivity index (χ3v) is 14.0. The first-order chi connectivity index (χ1) is 24.0. The first-order valence-electron chi connectivity index (χ1n) is 17.0. The van der Waals surface area contributed by atoms with Gasteiger partial charge in [0.05, 0.1) is 16.8 Å². The predicted molar refractivity (Wildman–Crippen MR) is 205 cm³/mol. The molecule has 0 radical (unpaired) electrons. The molecule has 0 bridgehead atoms. The second-order valence-electron chi connectivity index (χ2n) is 13.6. The third-order valence-electron chi connectivity index (χ3n) is 10.8. The average molecular weight is 650 g/mol. The Hall–Kier alpha value is -5.43. The van der Waals surface area contributed by atoms with Crippen LogP contribution in [0, 0.1) is 0 Å². The molecule has 0 aliphatic carbocycles. The van der Waals surface area contributed by atoms with Crippen LogP contribution < -0.4 is 20.8 Å². The first-order valence-corrected chi connectivity index (χ1v) is 18.7. The molecule has 0 saturated carbocycles. The van der Waals surface area contributed by atoms with Gasteiger partial charge >= 0.3 is 0 Å². The number of rotatable bonds is 4. The lowest BCUT2D eigenvalue weighted by molar-refractivity contribution is 0.590. The summed E-state index contributed by atoms with van der Waals surface area (Å²) in [6.07, 6.45) is 0. The highest BCUT2D eigenvalue weighted by Crippen LogP contribution is 2.59. The molecule has 0 aromatic heterocycles. The van der Waals surface area contributed by atoms with E-state index in [0.29, 0.717) is 0 Å². The van der Waals surface area contributed by atoms with E-state index in [1.165, 1.54) is 22.5 Å². The Kier molecular flexibility index (Phi) is 6.70. The second-order valence-corrected chi connectivity index (χ2v) is 16.3. The van der Waals surface area contributed by atoms with Crippen LogP contribution in [0.15, 0.2) is 182 Å². The van der Waals surface area contributed by atoms with E-state index in [0.717, 1.165) is 43.9 Å². The Morgan fingerprint density at radius 1 is 0.449 bits per heavy atom. The molecule has 0 amide bonds. The standard InChI is InChI=1S/C46H36NOP/c1-45(2)37-24-12-15-27-41(37)47(35-20-8-4-9-21-35)42-31-30-34(32-40(42)45)46(33-18-6-3-7-19-33)38-25-13-16-28-43(38)49(48,36-22-10-5-11-23-36)44-29-17-14-26-39(44)46/h3-32H,1-2H3. The maximum atomic E-state index is 15.9. The van der Waals surface area contributed by atoms with Gasteiger partial charge < -0.3 is 9.46 Å². The molecule has 2 aliphatic rings. The van der Waals surface area contributed by atoms with Gasteiger partial charge in [0.15, 0.2) is 7.14 Å². The van der Waals surface area contributed by atoms with E-state index in [1.807, 2.05) is 42.5 Å². The molecule has 2 heterocycles. The lowest BCUT2D eigenvalue weighted by Crippen LogP contribution is -2.47. The van der Waals surface area contributed by atoms with Gasteiger partial charge in [-0.2, -0.15) is 0 Å². The van der Waals surface area contributed by atoms with E-state index < -0.39 is 12.6 Å². The van der Waals surface area contributed by atoms with E-state index in [1.54, 1.807) is 0 Å². The quantitative estimate of drug-likeness (QED) is 0.177. The summed E-state index contributed by atoms with van der Waals surface area (Å²) in [6, 6.07) is 64.3. The summed E-state index contributed by atoms with van der Waals surface area (Å²) >= 11 is 0. The van der Waals surface area contributed by atoms with E-state index in [-0.39, 0.29) is 5.41 Å². The zero-order chi connectivity index (χ0) is 33.2. The summed E-state index contributed by atoms with van der Waals surface area (Å²) in [5, 5.41) is 2.66. The summed E-state index contributed by atoms with van der Waals surface area (Å²) in [7, 11) is -3.22. The average Bonchev–Trinajstić information content (AvgIpc) is 3.17. The Bertz CT molecular complexity index is 2350. The molecule has 9 rings (SSSR count). The van der Waals surface area contributed by atoms with Gasteiger partial charge in [0.25, 0.3) is 0 Å². The van der Waals surface area contributed by atoms with Gasteiger partial charge in [0, 0.05) is 27.0 Å². The van der Waals surface area contributed by atoms with Crippen LogP contribution in [0.1, 0.15) is 47.2 Å². The van der Waals surface area contributed by atoms with Crippen molar-refractivity contribution in [2.24, 2.45) is 0 Å². The van der Waals surface area contributed by atoms with Crippen molar-refractivity contribution >= 4 is 40.1 Å². The molecule has 7 aromatic rings. The van der Waals surface area contributed by atoms with E-state index >= 15 is 4.57 Å². The van der Waals surface area contributed by atoms with Crippen LogP contribution >= 0.6 is 7.14 Å². The van der Waals surface area contributed by atoms with Gasteiger partial charge in [-0.15, -0.1) is 0 Å². The highest BCUT2D eigenvalue weighted by molar-refractivity contribution is 7.85. The van der Waals surface area contributed by atoms with Crippen molar-refractivity contribution in [3.8, 4) is 0 Å². The maximum Gasteiger partial charge on any atom is 0.171 e. The number of fused-ring (bicyclic) bond motifs is 4.